The van der Waals surface area contributed by atoms with E-state index < -0.39 is 11.7 Å². The number of piperidine rings is 1. The monoisotopic (exact) mass is 435 g/mol. The second-order valence-electron chi connectivity index (χ2n) is 7.36. The predicted molar refractivity (Wildman–Crippen MR) is 112 cm³/mol. The number of anilines is 3. The summed E-state index contributed by atoms with van der Waals surface area (Å²) >= 11 is 0. The molecule has 8 nitrogen and oxygen atoms in total. The maximum Gasteiger partial charge on any atom is 0.417 e. The molecule has 11 heteroatoms. The number of morpholine rings is 1. The fourth-order valence-corrected chi connectivity index (χ4v) is 3.57. The molecule has 1 aromatic carbocycles. The van der Waals surface area contributed by atoms with Crippen LogP contribution in [0, 0.1) is 0 Å². The molecule has 2 aromatic rings. The van der Waals surface area contributed by atoms with Crippen molar-refractivity contribution in [2.45, 2.75) is 25.4 Å². The van der Waals surface area contributed by atoms with Crippen molar-refractivity contribution in [2.75, 3.05) is 54.6 Å². The molecule has 3 heterocycles. The molecule has 0 saturated carbocycles. The van der Waals surface area contributed by atoms with E-state index in [2.05, 4.69) is 30.4 Å². The minimum atomic E-state index is -4.46. The highest BCUT2D eigenvalue weighted by atomic mass is 19.4. The van der Waals surface area contributed by atoms with E-state index in [1.807, 2.05) is 4.90 Å². The van der Waals surface area contributed by atoms with Gasteiger partial charge in [-0.2, -0.15) is 33.2 Å². The van der Waals surface area contributed by atoms with E-state index in [9.17, 15) is 13.2 Å². The lowest BCUT2D eigenvalue weighted by atomic mass is 10.1. The zero-order valence-corrected chi connectivity index (χ0v) is 17.0. The van der Waals surface area contributed by atoms with Crippen LogP contribution in [0.25, 0.3) is 0 Å². The Hall–Kier alpha value is -2.95. The van der Waals surface area contributed by atoms with Crippen LogP contribution in [0.4, 0.5) is 31.0 Å². The summed E-state index contributed by atoms with van der Waals surface area (Å²) in [6, 6.07) is 5.26. The molecule has 2 aliphatic rings. The largest absolute Gasteiger partial charge is 0.417 e. The Labute approximate surface area is 178 Å². The Kier molecular flexibility index (Phi) is 6.50. The molecule has 166 valence electrons. The number of benzene rings is 1. The van der Waals surface area contributed by atoms with Gasteiger partial charge in [-0.25, -0.2) is 5.43 Å². The smallest absolute Gasteiger partial charge is 0.378 e. The number of hydrogen-bond acceptors (Lipinski definition) is 8. The molecule has 0 spiro atoms. The molecule has 0 radical (unpaired) electrons. The minimum absolute atomic E-state index is 0.0405. The van der Waals surface area contributed by atoms with E-state index in [1.54, 1.807) is 0 Å². The van der Waals surface area contributed by atoms with E-state index in [1.165, 1.54) is 24.6 Å². The Morgan fingerprint density at radius 1 is 0.903 bits per heavy atom. The maximum atomic E-state index is 13.2. The van der Waals surface area contributed by atoms with Gasteiger partial charge in [-0.15, -0.1) is 0 Å². The van der Waals surface area contributed by atoms with Gasteiger partial charge in [0.2, 0.25) is 17.8 Å². The summed E-state index contributed by atoms with van der Waals surface area (Å²) in [7, 11) is 0. The lowest BCUT2D eigenvalue weighted by molar-refractivity contribution is -0.137. The van der Waals surface area contributed by atoms with Gasteiger partial charge in [0.25, 0.3) is 0 Å². The average Bonchev–Trinajstić information content (AvgIpc) is 2.80. The van der Waals surface area contributed by atoms with Crippen molar-refractivity contribution in [3.63, 3.8) is 0 Å². The maximum absolute atomic E-state index is 13.2. The summed E-state index contributed by atoms with van der Waals surface area (Å²) in [5.74, 6) is 1.25. The van der Waals surface area contributed by atoms with Gasteiger partial charge in [0.05, 0.1) is 25.0 Å². The van der Waals surface area contributed by atoms with E-state index in [-0.39, 0.29) is 11.5 Å². The van der Waals surface area contributed by atoms with Gasteiger partial charge < -0.3 is 14.5 Å². The van der Waals surface area contributed by atoms with Gasteiger partial charge in [0.1, 0.15) is 0 Å². The summed E-state index contributed by atoms with van der Waals surface area (Å²) in [4.78, 5) is 17.6. The van der Waals surface area contributed by atoms with E-state index in [0.29, 0.717) is 38.2 Å². The molecule has 4 rings (SSSR count). The fourth-order valence-electron chi connectivity index (χ4n) is 3.57. The molecule has 2 fully saturated rings. The van der Waals surface area contributed by atoms with Crippen LogP contribution in [0.3, 0.4) is 0 Å². The molecule has 0 aliphatic carbocycles. The summed E-state index contributed by atoms with van der Waals surface area (Å²) in [5, 5.41) is 3.97. The molecule has 2 aliphatic heterocycles. The zero-order chi connectivity index (χ0) is 21.7. The number of rotatable bonds is 5. The van der Waals surface area contributed by atoms with Crippen molar-refractivity contribution in [3.8, 4) is 0 Å². The third-order valence-corrected chi connectivity index (χ3v) is 5.18. The number of nitrogens with zero attached hydrogens (tertiary/aromatic N) is 6. The van der Waals surface area contributed by atoms with Crippen LogP contribution in [0.1, 0.15) is 30.4 Å². The van der Waals surface area contributed by atoms with Crippen LogP contribution in [0.5, 0.6) is 0 Å². The Morgan fingerprint density at radius 3 is 2.23 bits per heavy atom. The third-order valence-electron chi connectivity index (χ3n) is 5.18. The Morgan fingerprint density at radius 2 is 1.55 bits per heavy atom. The molecular weight excluding hydrogens is 411 g/mol. The number of hydrazone groups is 1. The molecule has 2 saturated heterocycles. The zero-order valence-electron chi connectivity index (χ0n) is 17.0. The van der Waals surface area contributed by atoms with Gasteiger partial charge in [-0.1, -0.05) is 18.2 Å². The number of alkyl halides is 3. The SMILES string of the molecule is FC(F)(F)c1ccccc1C=NNc1nc(N2CCCCC2)nc(N2CCOCC2)n1. The molecular formula is C20H24F3N7O. The van der Waals surface area contributed by atoms with Crippen molar-refractivity contribution in [3.05, 3.63) is 35.4 Å². The van der Waals surface area contributed by atoms with Gasteiger partial charge in [0, 0.05) is 31.7 Å². The predicted octanol–water partition coefficient (Wildman–Crippen LogP) is 3.16. The number of ether oxygens (including phenoxy) is 1. The Balaban J connectivity index is 1.57. The van der Waals surface area contributed by atoms with Crippen LogP contribution >= 0.6 is 0 Å². The number of aromatic nitrogens is 3. The second-order valence-corrected chi connectivity index (χ2v) is 7.36. The molecule has 1 aromatic heterocycles. The number of halogens is 3. The lowest BCUT2D eigenvalue weighted by Gasteiger charge is -2.30. The van der Waals surface area contributed by atoms with Gasteiger partial charge in [-0.3, -0.25) is 0 Å². The van der Waals surface area contributed by atoms with Crippen LogP contribution < -0.4 is 15.2 Å². The highest BCUT2D eigenvalue weighted by Crippen LogP contribution is 2.31. The summed E-state index contributed by atoms with van der Waals surface area (Å²) in [6.07, 6.45) is -0.0321. The first-order chi connectivity index (χ1) is 15.0. The minimum Gasteiger partial charge on any atom is -0.378 e. The third kappa shape index (κ3) is 5.40. The van der Waals surface area contributed by atoms with E-state index >= 15 is 0 Å². The molecule has 0 amide bonds. The second kappa shape index (κ2) is 9.46. The van der Waals surface area contributed by atoms with Crippen LogP contribution in [-0.4, -0.2) is 60.6 Å². The normalized spacial score (nSPS) is 17.9. The molecule has 0 unspecified atom stereocenters. The standard InChI is InChI=1S/C20H24F3N7O/c21-20(22,23)16-7-3-2-6-15(16)14-24-28-17-25-18(29-8-4-1-5-9-29)27-19(26-17)30-10-12-31-13-11-30/h2-3,6-7,14H,1,4-5,8-13H2,(H,25,26,27,28). The van der Waals surface area contributed by atoms with Crippen molar-refractivity contribution in [2.24, 2.45) is 5.10 Å². The van der Waals surface area contributed by atoms with Gasteiger partial charge in [0.15, 0.2) is 0 Å². The number of nitrogens with one attached hydrogen (secondary N) is 1. The first-order valence-electron chi connectivity index (χ1n) is 10.3. The first kappa shape index (κ1) is 21.3. The summed E-state index contributed by atoms with van der Waals surface area (Å²) in [6.45, 7) is 4.19. The van der Waals surface area contributed by atoms with E-state index in [4.69, 9.17) is 4.74 Å². The first-order valence-corrected chi connectivity index (χ1v) is 10.3. The fraction of sp³-hybridized carbons (Fsp3) is 0.500. The summed E-state index contributed by atoms with van der Waals surface area (Å²) < 4.78 is 44.9. The van der Waals surface area contributed by atoms with E-state index in [0.717, 1.165) is 38.2 Å². The van der Waals surface area contributed by atoms with Crippen molar-refractivity contribution < 1.29 is 17.9 Å². The average molecular weight is 435 g/mol. The summed E-state index contributed by atoms with van der Waals surface area (Å²) in [5.41, 5.74) is 1.89. The number of hydrogen-bond donors (Lipinski definition) is 1. The van der Waals surface area contributed by atoms with Crippen LogP contribution in [0.2, 0.25) is 0 Å². The molecule has 31 heavy (non-hydrogen) atoms. The topological polar surface area (TPSA) is 78.8 Å². The molecule has 0 bridgehead atoms. The van der Waals surface area contributed by atoms with Crippen molar-refractivity contribution >= 4 is 24.1 Å². The molecule has 1 N–H and O–H groups in total. The van der Waals surface area contributed by atoms with Crippen LogP contribution in [-0.2, 0) is 10.9 Å². The lowest BCUT2D eigenvalue weighted by Crippen LogP contribution is -2.38. The van der Waals surface area contributed by atoms with Crippen LogP contribution in [0.15, 0.2) is 29.4 Å². The Bertz CT molecular complexity index is 874. The highest BCUT2D eigenvalue weighted by molar-refractivity contribution is 5.82. The van der Waals surface area contributed by atoms with Gasteiger partial charge in [-0.05, 0) is 25.3 Å². The molecule has 0 atom stereocenters. The van der Waals surface area contributed by atoms with Gasteiger partial charge >= 0.3 is 6.18 Å². The van der Waals surface area contributed by atoms with Crippen molar-refractivity contribution in [1.82, 2.24) is 15.0 Å². The quantitative estimate of drug-likeness (QED) is 0.571. The highest BCUT2D eigenvalue weighted by Gasteiger charge is 2.32. The van der Waals surface area contributed by atoms with Crippen molar-refractivity contribution in [1.29, 1.82) is 0 Å².